The van der Waals surface area contributed by atoms with Crippen molar-refractivity contribution in [1.29, 1.82) is 0 Å². The van der Waals surface area contributed by atoms with Crippen LogP contribution >= 0.6 is 11.3 Å². The average Bonchev–Trinajstić information content (AvgIpc) is 2.91. The zero-order chi connectivity index (χ0) is 9.97. The number of nitrogen functional groups attached to an aromatic ring is 1. The molecule has 0 amide bonds. The van der Waals surface area contributed by atoms with Gasteiger partial charge in [0.05, 0.1) is 6.54 Å². The fourth-order valence-corrected chi connectivity index (χ4v) is 2.26. The molecule has 0 spiro atoms. The van der Waals surface area contributed by atoms with Crippen molar-refractivity contribution in [2.24, 2.45) is 0 Å². The van der Waals surface area contributed by atoms with Gasteiger partial charge in [-0.3, -0.25) is 4.90 Å². The van der Waals surface area contributed by atoms with Crippen LogP contribution < -0.4 is 5.73 Å². The normalized spacial score (nSPS) is 16.4. The zero-order valence-corrected chi connectivity index (χ0v) is 9.26. The summed E-state index contributed by atoms with van der Waals surface area (Å²) in [5, 5.41) is 9.50. The van der Waals surface area contributed by atoms with Gasteiger partial charge in [-0.05, 0) is 25.8 Å². The van der Waals surface area contributed by atoms with Crippen LogP contribution in [-0.2, 0) is 6.54 Å². The van der Waals surface area contributed by atoms with E-state index in [-0.39, 0.29) is 0 Å². The molecule has 1 heterocycles. The summed E-state index contributed by atoms with van der Waals surface area (Å²) < 4.78 is 0. The number of rotatable bonds is 5. The van der Waals surface area contributed by atoms with Crippen LogP contribution in [0.3, 0.4) is 0 Å². The molecule has 1 saturated carbocycles. The van der Waals surface area contributed by atoms with Crippen molar-refractivity contribution in [1.82, 2.24) is 15.1 Å². The van der Waals surface area contributed by atoms with Gasteiger partial charge >= 0.3 is 0 Å². The first kappa shape index (κ1) is 9.86. The fraction of sp³-hybridized carbons (Fsp3) is 0.778. The highest BCUT2D eigenvalue weighted by atomic mass is 32.1. The van der Waals surface area contributed by atoms with Gasteiger partial charge in [0, 0.05) is 6.04 Å². The van der Waals surface area contributed by atoms with Crippen LogP contribution in [0.2, 0.25) is 0 Å². The van der Waals surface area contributed by atoms with Gasteiger partial charge in [0.2, 0.25) is 5.13 Å². The molecule has 1 aromatic heterocycles. The average molecular weight is 212 g/mol. The minimum absolute atomic E-state index is 0.576. The van der Waals surface area contributed by atoms with E-state index in [1.165, 1.54) is 30.6 Å². The van der Waals surface area contributed by atoms with Crippen LogP contribution in [0, 0.1) is 0 Å². The van der Waals surface area contributed by atoms with Crippen LogP contribution in [0.4, 0.5) is 5.13 Å². The van der Waals surface area contributed by atoms with E-state index < -0.39 is 0 Å². The van der Waals surface area contributed by atoms with E-state index in [9.17, 15) is 0 Å². The SMILES string of the molecule is CCCN(Cc1nnc(N)s1)C1CC1. The summed E-state index contributed by atoms with van der Waals surface area (Å²) in [4.78, 5) is 2.49. The first-order valence-corrected chi connectivity index (χ1v) is 5.93. The number of hydrogen-bond donors (Lipinski definition) is 1. The molecule has 0 saturated heterocycles. The molecule has 5 heteroatoms. The van der Waals surface area contributed by atoms with Crippen molar-refractivity contribution in [3.63, 3.8) is 0 Å². The molecule has 0 radical (unpaired) electrons. The number of nitrogens with zero attached hydrogens (tertiary/aromatic N) is 3. The molecule has 0 unspecified atom stereocenters. The van der Waals surface area contributed by atoms with E-state index in [0.717, 1.165) is 24.1 Å². The highest BCUT2D eigenvalue weighted by Crippen LogP contribution is 2.28. The molecule has 1 aromatic rings. The molecule has 1 fully saturated rings. The second-order valence-electron chi connectivity index (χ2n) is 3.74. The summed E-state index contributed by atoms with van der Waals surface area (Å²) in [6, 6.07) is 0.792. The summed E-state index contributed by atoms with van der Waals surface area (Å²) in [5.74, 6) is 0. The highest BCUT2D eigenvalue weighted by Gasteiger charge is 2.28. The van der Waals surface area contributed by atoms with Gasteiger partial charge in [0.1, 0.15) is 5.01 Å². The monoisotopic (exact) mass is 212 g/mol. The van der Waals surface area contributed by atoms with E-state index in [1.807, 2.05) is 0 Å². The first-order chi connectivity index (χ1) is 6.79. The second-order valence-corrected chi connectivity index (χ2v) is 4.83. The number of aromatic nitrogens is 2. The van der Waals surface area contributed by atoms with Gasteiger partial charge in [-0.2, -0.15) is 0 Å². The van der Waals surface area contributed by atoms with Crippen molar-refractivity contribution in [2.75, 3.05) is 12.3 Å². The molecular weight excluding hydrogens is 196 g/mol. The third kappa shape index (κ3) is 2.42. The Morgan fingerprint density at radius 2 is 2.29 bits per heavy atom. The summed E-state index contributed by atoms with van der Waals surface area (Å²) in [6.45, 7) is 4.29. The Hall–Kier alpha value is -0.680. The topological polar surface area (TPSA) is 55.0 Å². The van der Waals surface area contributed by atoms with Crippen molar-refractivity contribution in [2.45, 2.75) is 38.8 Å². The third-order valence-electron chi connectivity index (χ3n) is 2.39. The molecule has 4 nitrogen and oxygen atoms in total. The Kier molecular flexibility index (Phi) is 2.98. The number of anilines is 1. The largest absolute Gasteiger partial charge is 0.374 e. The van der Waals surface area contributed by atoms with Gasteiger partial charge < -0.3 is 5.73 Å². The maximum atomic E-state index is 5.55. The van der Waals surface area contributed by atoms with Crippen molar-refractivity contribution in [3.05, 3.63) is 5.01 Å². The highest BCUT2D eigenvalue weighted by molar-refractivity contribution is 7.15. The van der Waals surface area contributed by atoms with Crippen LogP contribution in [0.25, 0.3) is 0 Å². The fourth-order valence-electron chi connectivity index (χ4n) is 1.62. The quantitative estimate of drug-likeness (QED) is 0.803. The minimum Gasteiger partial charge on any atom is -0.374 e. The van der Waals surface area contributed by atoms with E-state index in [1.54, 1.807) is 0 Å². The molecule has 14 heavy (non-hydrogen) atoms. The maximum Gasteiger partial charge on any atom is 0.203 e. The zero-order valence-electron chi connectivity index (χ0n) is 8.44. The smallest absolute Gasteiger partial charge is 0.203 e. The van der Waals surface area contributed by atoms with Crippen molar-refractivity contribution < 1.29 is 0 Å². The predicted molar refractivity (Wildman–Crippen MR) is 58.0 cm³/mol. The molecule has 0 aliphatic heterocycles. The molecule has 1 aliphatic carbocycles. The van der Waals surface area contributed by atoms with Crippen LogP contribution in [0.15, 0.2) is 0 Å². The lowest BCUT2D eigenvalue weighted by Gasteiger charge is -2.18. The maximum absolute atomic E-state index is 5.55. The van der Waals surface area contributed by atoms with E-state index in [0.29, 0.717) is 5.13 Å². The Labute approximate surface area is 88.1 Å². The first-order valence-electron chi connectivity index (χ1n) is 5.11. The molecule has 2 rings (SSSR count). The van der Waals surface area contributed by atoms with E-state index >= 15 is 0 Å². The Morgan fingerprint density at radius 1 is 1.50 bits per heavy atom. The molecule has 78 valence electrons. The van der Waals surface area contributed by atoms with Gasteiger partial charge in [-0.15, -0.1) is 10.2 Å². The lowest BCUT2D eigenvalue weighted by molar-refractivity contribution is 0.254. The standard InChI is InChI=1S/C9H16N4S/c1-2-5-13(7-3-4-7)6-8-11-12-9(10)14-8/h7H,2-6H2,1H3,(H2,10,12). The van der Waals surface area contributed by atoms with Crippen LogP contribution in [0.5, 0.6) is 0 Å². The Bertz CT molecular complexity index is 295. The summed E-state index contributed by atoms with van der Waals surface area (Å²) in [7, 11) is 0. The van der Waals surface area contributed by atoms with Gasteiger partial charge in [0.25, 0.3) is 0 Å². The van der Waals surface area contributed by atoms with Crippen molar-refractivity contribution in [3.8, 4) is 0 Å². The van der Waals surface area contributed by atoms with Gasteiger partial charge in [0.15, 0.2) is 0 Å². The van der Waals surface area contributed by atoms with Crippen molar-refractivity contribution >= 4 is 16.5 Å². The summed E-state index contributed by atoms with van der Waals surface area (Å²) >= 11 is 1.50. The number of nitrogens with two attached hydrogens (primary N) is 1. The molecule has 1 aliphatic rings. The van der Waals surface area contributed by atoms with E-state index in [4.69, 9.17) is 5.73 Å². The molecule has 2 N–H and O–H groups in total. The molecule has 0 aromatic carbocycles. The van der Waals surface area contributed by atoms with Crippen LogP contribution in [0.1, 0.15) is 31.2 Å². The molecule has 0 atom stereocenters. The third-order valence-corrected chi connectivity index (χ3v) is 3.13. The van der Waals surface area contributed by atoms with Crippen LogP contribution in [-0.4, -0.2) is 27.7 Å². The lowest BCUT2D eigenvalue weighted by atomic mass is 10.4. The summed E-state index contributed by atoms with van der Waals surface area (Å²) in [6.07, 6.45) is 3.88. The Balaban J connectivity index is 1.92. The second kappa shape index (κ2) is 4.23. The lowest BCUT2D eigenvalue weighted by Crippen LogP contribution is -2.26. The number of hydrogen-bond acceptors (Lipinski definition) is 5. The van der Waals surface area contributed by atoms with E-state index in [2.05, 4.69) is 22.0 Å². The molecule has 0 bridgehead atoms. The minimum atomic E-state index is 0.576. The molecular formula is C9H16N4S. The summed E-state index contributed by atoms with van der Waals surface area (Å²) in [5.41, 5.74) is 5.55. The van der Waals surface area contributed by atoms with Gasteiger partial charge in [-0.25, -0.2) is 0 Å². The predicted octanol–water partition coefficient (Wildman–Crippen LogP) is 1.49. The van der Waals surface area contributed by atoms with Gasteiger partial charge in [-0.1, -0.05) is 18.3 Å². The Morgan fingerprint density at radius 3 is 2.79 bits per heavy atom.